The summed E-state index contributed by atoms with van der Waals surface area (Å²) in [5, 5.41) is 0. The van der Waals surface area contributed by atoms with Gasteiger partial charge in [-0.3, -0.25) is 0 Å². The third-order valence-electron chi connectivity index (χ3n) is 3.12. The van der Waals surface area contributed by atoms with Crippen molar-refractivity contribution in [2.75, 3.05) is 23.7 Å². The Morgan fingerprint density at radius 3 is 2.53 bits per heavy atom. The van der Waals surface area contributed by atoms with Crippen LogP contribution >= 0.6 is 15.9 Å². The Bertz CT molecular complexity index is 357. The molecule has 0 bridgehead atoms. The molecule has 1 saturated heterocycles. The van der Waals surface area contributed by atoms with Crippen molar-refractivity contribution < 1.29 is 0 Å². The van der Waals surface area contributed by atoms with Crippen LogP contribution in [0.2, 0.25) is 0 Å². The molecule has 1 heterocycles. The van der Waals surface area contributed by atoms with Crippen molar-refractivity contribution in [3.05, 3.63) is 22.2 Å². The van der Waals surface area contributed by atoms with Gasteiger partial charge in [-0.25, -0.2) is 0 Å². The van der Waals surface area contributed by atoms with E-state index in [4.69, 9.17) is 5.73 Å². The maximum Gasteiger partial charge on any atom is 0.0603 e. The quantitative estimate of drug-likeness (QED) is 0.792. The molecule has 1 fully saturated rings. The highest BCUT2D eigenvalue weighted by atomic mass is 79.9. The number of nitrogen functional groups attached to an aromatic ring is 1. The molecule has 1 aromatic carbocycles. The molecule has 0 aromatic heterocycles. The summed E-state index contributed by atoms with van der Waals surface area (Å²) in [5.41, 5.74) is 9.42. The number of nitrogens with two attached hydrogens (primary N) is 1. The van der Waals surface area contributed by atoms with Crippen LogP contribution in [0.1, 0.15) is 24.8 Å². The molecule has 2 nitrogen and oxygen atoms in total. The highest BCUT2D eigenvalue weighted by Crippen LogP contribution is 2.32. The van der Waals surface area contributed by atoms with E-state index < -0.39 is 0 Å². The van der Waals surface area contributed by atoms with Gasteiger partial charge in [-0.15, -0.1) is 0 Å². The summed E-state index contributed by atoms with van der Waals surface area (Å²) in [7, 11) is 0. The Hall–Kier alpha value is -0.700. The first kappa shape index (κ1) is 10.8. The summed E-state index contributed by atoms with van der Waals surface area (Å²) < 4.78 is 1.10. The van der Waals surface area contributed by atoms with Crippen molar-refractivity contribution in [3.63, 3.8) is 0 Å². The molecule has 0 unspecified atom stereocenters. The molecule has 1 aromatic rings. The summed E-state index contributed by atoms with van der Waals surface area (Å²) in [6.45, 7) is 4.35. The average Bonchev–Trinajstić information content (AvgIpc) is 2.27. The lowest BCUT2D eigenvalue weighted by Crippen LogP contribution is -2.30. The predicted octanol–water partition coefficient (Wildman–Crippen LogP) is 3.33. The molecule has 0 amide bonds. The standard InChI is InChI=1S/C12H17BrN2/c1-9-10(13)5-6-11(12(9)14)15-7-3-2-4-8-15/h5-6H,2-4,7-8,14H2,1H3. The van der Waals surface area contributed by atoms with E-state index in [0.717, 1.165) is 28.8 Å². The van der Waals surface area contributed by atoms with Crippen molar-refractivity contribution in [1.82, 2.24) is 0 Å². The number of benzene rings is 1. The van der Waals surface area contributed by atoms with Crippen molar-refractivity contribution >= 4 is 27.3 Å². The summed E-state index contributed by atoms with van der Waals surface area (Å²) >= 11 is 3.51. The monoisotopic (exact) mass is 268 g/mol. The van der Waals surface area contributed by atoms with Crippen LogP contribution in [0.25, 0.3) is 0 Å². The fraction of sp³-hybridized carbons (Fsp3) is 0.500. The fourth-order valence-corrected chi connectivity index (χ4v) is 2.44. The van der Waals surface area contributed by atoms with E-state index in [1.807, 2.05) is 0 Å². The fourth-order valence-electron chi connectivity index (χ4n) is 2.10. The minimum atomic E-state index is 0.922. The number of hydrogen-bond acceptors (Lipinski definition) is 2. The lowest BCUT2D eigenvalue weighted by atomic mass is 10.1. The van der Waals surface area contributed by atoms with Crippen LogP contribution in [0.3, 0.4) is 0 Å². The van der Waals surface area contributed by atoms with Gasteiger partial charge in [0.15, 0.2) is 0 Å². The van der Waals surface area contributed by atoms with Gasteiger partial charge in [0.1, 0.15) is 0 Å². The van der Waals surface area contributed by atoms with E-state index in [-0.39, 0.29) is 0 Å². The van der Waals surface area contributed by atoms with Gasteiger partial charge in [0.25, 0.3) is 0 Å². The van der Waals surface area contributed by atoms with Crippen molar-refractivity contribution in [1.29, 1.82) is 0 Å². The van der Waals surface area contributed by atoms with Crippen LogP contribution in [0.4, 0.5) is 11.4 Å². The maximum absolute atomic E-state index is 6.14. The van der Waals surface area contributed by atoms with E-state index in [1.54, 1.807) is 0 Å². The van der Waals surface area contributed by atoms with Crippen LogP contribution in [0.15, 0.2) is 16.6 Å². The van der Waals surface area contributed by atoms with E-state index in [1.165, 1.54) is 24.9 Å². The zero-order valence-electron chi connectivity index (χ0n) is 9.09. The molecular formula is C12H17BrN2. The maximum atomic E-state index is 6.14. The minimum absolute atomic E-state index is 0.922. The number of anilines is 2. The zero-order valence-corrected chi connectivity index (χ0v) is 10.7. The van der Waals surface area contributed by atoms with Gasteiger partial charge in [-0.05, 0) is 43.9 Å². The molecule has 1 aliphatic heterocycles. The third kappa shape index (κ3) is 2.12. The van der Waals surface area contributed by atoms with Crippen molar-refractivity contribution in [2.45, 2.75) is 26.2 Å². The highest BCUT2D eigenvalue weighted by molar-refractivity contribution is 9.10. The molecule has 3 heteroatoms. The van der Waals surface area contributed by atoms with Crippen LogP contribution in [0.5, 0.6) is 0 Å². The van der Waals surface area contributed by atoms with Gasteiger partial charge in [0.05, 0.1) is 11.4 Å². The van der Waals surface area contributed by atoms with Gasteiger partial charge in [0, 0.05) is 17.6 Å². The number of piperidine rings is 1. The summed E-state index contributed by atoms with van der Waals surface area (Å²) in [5.74, 6) is 0. The number of nitrogens with zero attached hydrogens (tertiary/aromatic N) is 1. The minimum Gasteiger partial charge on any atom is -0.397 e. The normalized spacial score (nSPS) is 16.8. The molecule has 0 saturated carbocycles. The van der Waals surface area contributed by atoms with Crippen LogP contribution in [-0.2, 0) is 0 Å². The second kappa shape index (κ2) is 4.44. The topological polar surface area (TPSA) is 29.3 Å². The van der Waals surface area contributed by atoms with E-state index in [2.05, 4.69) is 39.9 Å². The smallest absolute Gasteiger partial charge is 0.0603 e. The van der Waals surface area contributed by atoms with Crippen molar-refractivity contribution in [3.8, 4) is 0 Å². The average molecular weight is 269 g/mol. The molecule has 0 spiro atoms. The highest BCUT2D eigenvalue weighted by Gasteiger charge is 2.14. The molecule has 82 valence electrons. The lowest BCUT2D eigenvalue weighted by Gasteiger charge is -2.30. The molecular weight excluding hydrogens is 252 g/mol. The summed E-state index contributed by atoms with van der Waals surface area (Å²) in [6, 6.07) is 4.22. The molecule has 15 heavy (non-hydrogen) atoms. The van der Waals surface area contributed by atoms with E-state index >= 15 is 0 Å². The molecule has 2 N–H and O–H groups in total. The van der Waals surface area contributed by atoms with Gasteiger partial charge < -0.3 is 10.6 Å². The van der Waals surface area contributed by atoms with E-state index in [9.17, 15) is 0 Å². The number of hydrogen-bond donors (Lipinski definition) is 1. The first-order valence-corrected chi connectivity index (χ1v) is 6.29. The van der Waals surface area contributed by atoms with Gasteiger partial charge in [-0.2, -0.15) is 0 Å². The largest absolute Gasteiger partial charge is 0.397 e. The Morgan fingerprint density at radius 1 is 1.20 bits per heavy atom. The lowest BCUT2D eigenvalue weighted by molar-refractivity contribution is 0.578. The first-order valence-electron chi connectivity index (χ1n) is 5.49. The SMILES string of the molecule is Cc1c(Br)ccc(N2CCCCC2)c1N. The Balaban J connectivity index is 2.31. The van der Waals surface area contributed by atoms with Crippen LogP contribution in [-0.4, -0.2) is 13.1 Å². The molecule has 2 rings (SSSR count). The summed E-state index contributed by atoms with van der Waals surface area (Å²) in [4.78, 5) is 2.40. The predicted molar refractivity (Wildman–Crippen MR) is 69.4 cm³/mol. The second-order valence-electron chi connectivity index (χ2n) is 4.15. The zero-order chi connectivity index (χ0) is 10.8. The molecule has 1 aliphatic rings. The Labute approximate surface area is 99.6 Å². The van der Waals surface area contributed by atoms with E-state index in [0.29, 0.717) is 0 Å². The summed E-state index contributed by atoms with van der Waals surface area (Å²) in [6.07, 6.45) is 3.93. The van der Waals surface area contributed by atoms with Crippen molar-refractivity contribution in [2.24, 2.45) is 0 Å². The Kier molecular flexibility index (Phi) is 3.19. The number of halogens is 1. The molecule has 0 radical (unpaired) electrons. The number of rotatable bonds is 1. The van der Waals surface area contributed by atoms with Crippen LogP contribution in [0, 0.1) is 6.92 Å². The van der Waals surface area contributed by atoms with Gasteiger partial charge >= 0.3 is 0 Å². The van der Waals surface area contributed by atoms with Crippen LogP contribution < -0.4 is 10.6 Å². The van der Waals surface area contributed by atoms with Gasteiger partial charge in [-0.1, -0.05) is 15.9 Å². The third-order valence-corrected chi connectivity index (χ3v) is 3.98. The van der Waals surface area contributed by atoms with Gasteiger partial charge in [0.2, 0.25) is 0 Å². The molecule has 0 aliphatic carbocycles. The second-order valence-corrected chi connectivity index (χ2v) is 5.01. The molecule has 0 atom stereocenters. The first-order chi connectivity index (χ1) is 7.20. The Morgan fingerprint density at radius 2 is 1.87 bits per heavy atom.